The van der Waals surface area contributed by atoms with Gasteiger partial charge in [-0.2, -0.15) is 0 Å². The quantitative estimate of drug-likeness (QED) is 0.327. The fourth-order valence-electron chi connectivity index (χ4n) is 3.31. The van der Waals surface area contributed by atoms with E-state index in [1.807, 2.05) is 43.3 Å². The van der Waals surface area contributed by atoms with Gasteiger partial charge in [0, 0.05) is 21.7 Å². The van der Waals surface area contributed by atoms with Crippen LogP contribution >= 0.6 is 22.9 Å². The zero-order valence-electron chi connectivity index (χ0n) is 17.2. The van der Waals surface area contributed by atoms with Crippen LogP contribution in [0.3, 0.4) is 0 Å². The fraction of sp³-hybridized carbons (Fsp3) is 0.167. The van der Waals surface area contributed by atoms with E-state index in [4.69, 9.17) is 16.0 Å². The lowest BCUT2D eigenvalue weighted by atomic mass is 9.99. The highest BCUT2D eigenvalue weighted by atomic mass is 35.5. The molecule has 2 N–H and O–H groups in total. The average molecular weight is 452 g/mol. The molecule has 0 aliphatic rings. The van der Waals surface area contributed by atoms with E-state index in [-0.39, 0.29) is 17.7 Å². The van der Waals surface area contributed by atoms with E-state index in [1.165, 1.54) is 6.26 Å². The maximum absolute atomic E-state index is 12.7. The number of aromatic nitrogens is 1. The number of aryl methyl sites for hydroxylation is 2. The van der Waals surface area contributed by atoms with Gasteiger partial charge in [0.05, 0.1) is 12.3 Å². The van der Waals surface area contributed by atoms with Crippen LogP contribution in [0.25, 0.3) is 0 Å². The number of nitrogens with zero attached hydrogens (tertiary/aromatic N) is 1. The van der Waals surface area contributed by atoms with Crippen LogP contribution in [-0.4, -0.2) is 10.9 Å². The van der Waals surface area contributed by atoms with E-state index in [1.54, 1.807) is 29.7 Å². The van der Waals surface area contributed by atoms with Crippen molar-refractivity contribution >= 4 is 39.7 Å². The lowest BCUT2D eigenvalue weighted by Crippen LogP contribution is -2.17. The Morgan fingerprint density at radius 1 is 1.16 bits per heavy atom. The molecule has 0 fully saturated rings. The second-order valence-electron chi connectivity index (χ2n) is 7.10. The summed E-state index contributed by atoms with van der Waals surface area (Å²) in [6.07, 6.45) is 4.11. The van der Waals surface area contributed by atoms with Crippen molar-refractivity contribution in [2.75, 3.05) is 10.6 Å². The van der Waals surface area contributed by atoms with Crippen LogP contribution in [0.4, 0.5) is 10.8 Å². The predicted molar refractivity (Wildman–Crippen MR) is 126 cm³/mol. The fourth-order valence-corrected chi connectivity index (χ4v) is 4.59. The zero-order valence-corrected chi connectivity index (χ0v) is 18.8. The summed E-state index contributed by atoms with van der Waals surface area (Å²) in [5, 5.41) is 7.92. The standard InChI is InChI=1S/C24H22ClN3O2S/c1-3-16-14-18(24(31-16)28-23(29)20-9-6-12-30-20)22(17-7-4-5-8-19(17)25)27-21-13-15(2)10-11-26-21/h4-14,22H,3H2,1-2H3,(H,26,27)(H,28,29)/t22-/m1/s1. The molecule has 31 heavy (non-hydrogen) atoms. The Labute approximate surface area is 190 Å². The van der Waals surface area contributed by atoms with Gasteiger partial charge < -0.3 is 15.1 Å². The Balaban J connectivity index is 1.78. The minimum atomic E-state index is -0.300. The first-order valence-corrected chi connectivity index (χ1v) is 11.2. The lowest BCUT2D eigenvalue weighted by molar-refractivity contribution is 0.0997. The van der Waals surface area contributed by atoms with Gasteiger partial charge in [0.25, 0.3) is 5.91 Å². The van der Waals surface area contributed by atoms with Gasteiger partial charge in [0.1, 0.15) is 10.8 Å². The van der Waals surface area contributed by atoms with Crippen LogP contribution < -0.4 is 10.6 Å². The number of hydrogen-bond acceptors (Lipinski definition) is 5. The molecule has 0 spiro atoms. The number of rotatable bonds is 7. The second-order valence-corrected chi connectivity index (χ2v) is 8.64. The molecule has 3 aromatic heterocycles. The van der Waals surface area contributed by atoms with Crippen molar-refractivity contribution in [2.24, 2.45) is 0 Å². The van der Waals surface area contributed by atoms with E-state index in [9.17, 15) is 4.79 Å². The van der Waals surface area contributed by atoms with Crippen molar-refractivity contribution in [3.05, 3.63) is 99.4 Å². The first-order valence-electron chi connectivity index (χ1n) is 9.96. The number of halogens is 1. The Morgan fingerprint density at radius 3 is 2.71 bits per heavy atom. The number of thiophene rings is 1. The Kier molecular flexibility index (Phi) is 6.39. The smallest absolute Gasteiger partial charge is 0.291 e. The molecule has 1 aromatic carbocycles. The number of carbonyl (C=O) groups is 1. The molecule has 7 heteroatoms. The predicted octanol–water partition coefficient (Wildman–Crippen LogP) is 6.71. The largest absolute Gasteiger partial charge is 0.459 e. The van der Waals surface area contributed by atoms with Crippen molar-refractivity contribution in [1.29, 1.82) is 0 Å². The summed E-state index contributed by atoms with van der Waals surface area (Å²) in [6, 6.07) is 16.8. The molecule has 0 aliphatic heterocycles. The van der Waals surface area contributed by atoms with Crippen LogP contribution in [0.15, 0.2) is 71.5 Å². The van der Waals surface area contributed by atoms with Gasteiger partial charge >= 0.3 is 0 Å². The first-order chi connectivity index (χ1) is 15.0. The Hall–Kier alpha value is -3.09. The summed E-state index contributed by atoms with van der Waals surface area (Å²) in [5.41, 5.74) is 2.93. The minimum Gasteiger partial charge on any atom is -0.459 e. The molecule has 0 saturated heterocycles. The molecule has 158 valence electrons. The van der Waals surface area contributed by atoms with E-state index in [2.05, 4.69) is 28.6 Å². The van der Waals surface area contributed by atoms with E-state index < -0.39 is 0 Å². The monoisotopic (exact) mass is 451 g/mol. The number of amides is 1. The van der Waals surface area contributed by atoms with Gasteiger partial charge in [0.15, 0.2) is 5.76 Å². The normalized spacial score (nSPS) is 11.8. The number of benzene rings is 1. The molecular formula is C24H22ClN3O2S. The number of carbonyl (C=O) groups excluding carboxylic acids is 1. The maximum atomic E-state index is 12.7. The van der Waals surface area contributed by atoms with E-state index in [0.717, 1.165) is 38.8 Å². The summed E-state index contributed by atoms with van der Waals surface area (Å²) in [5.74, 6) is 0.708. The van der Waals surface area contributed by atoms with Crippen molar-refractivity contribution in [2.45, 2.75) is 26.3 Å². The van der Waals surface area contributed by atoms with Crippen LogP contribution in [0.1, 0.15) is 45.1 Å². The highest BCUT2D eigenvalue weighted by Crippen LogP contribution is 2.40. The summed E-state index contributed by atoms with van der Waals surface area (Å²) in [7, 11) is 0. The highest BCUT2D eigenvalue weighted by molar-refractivity contribution is 7.16. The molecule has 0 radical (unpaired) electrons. The SMILES string of the molecule is CCc1cc([C@H](Nc2cc(C)ccn2)c2ccccc2Cl)c(NC(=O)c2ccco2)s1. The molecule has 0 bridgehead atoms. The third kappa shape index (κ3) is 4.81. The first kappa shape index (κ1) is 21.2. The number of anilines is 2. The second kappa shape index (κ2) is 9.37. The number of nitrogens with one attached hydrogen (secondary N) is 2. The molecule has 4 aromatic rings. The minimum absolute atomic E-state index is 0.264. The van der Waals surface area contributed by atoms with Gasteiger partial charge in [-0.1, -0.05) is 36.7 Å². The zero-order chi connectivity index (χ0) is 21.8. The lowest BCUT2D eigenvalue weighted by Gasteiger charge is -2.22. The van der Waals surface area contributed by atoms with Crippen molar-refractivity contribution in [3.8, 4) is 0 Å². The van der Waals surface area contributed by atoms with Crippen LogP contribution in [0, 0.1) is 6.92 Å². The summed E-state index contributed by atoms with van der Waals surface area (Å²) < 4.78 is 5.26. The molecule has 1 atom stereocenters. The van der Waals surface area contributed by atoms with Gasteiger partial charge in [-0.25, -0.2) is 4.98 Å². The molecule has 0 aliphatic carbocycles. The van der Waals surface area contributed by atoms with E-state index >= 15 is 0 Å². The van der Waals surface area contributed by atoms with Crippen molar-refractivity contribution < 1.29 is 9.21 Å². The summed E-state index contributed by atoms with van der Waals surface area (Å²) in [4.78, 5) is 18.3. The number of hydrogen-bond donors (Lipinski definition) is 2. The van der Waals surface area contributed by atoms with Gasteiger partial charge in [0.2, 0.25) is 0 Å². The van der Waals surface area contributed by atoms with Crippen LogP contribution in [0.5, 0.6) is 0 Å². The third-order valence-corrected chi connectivity index (χ3v) is 6.42. The van der Waals surface area contributed by atoms with E-state index in [0.29, 0.717) is 5.02 Å². The molecule has 4 rings (SSSR count). The topological polar surface area (TPSA) is 67.2 Å². The Morgan fingerprint density at radius 2 is 2.00 bits per heavy atom. The highest BCUT2D eigenvalue weighted by Gasteiger charge is 2.24. The van der Waals surface area contributed by atoms with Crippen LogP contribution in [0.2, 0.25) is 5.02 Å². The number of pyridine rings is 1. The molecule has 1 amide bonds. The summed E-state index contributed by atoms with van der Waals surface area (Å²) in [6.45, 7) is 4.11. The molecule has 0 unspecified atom stereocenters. The average Bonchev–Trinajstić information content (AvgIpc) is 3.43. The van der Waals surface area contributed by atoms with Gasteiger partial charge in [-0.15, -0.1) is 11.3 Å². The van der Waals surface area contributed by atoms with Gasteiger partial charge in [-0.05, 0) is 60.9 Å². The molecule has 3 heterocycles. The number of furan rings is 1. The Bertz CT molecular complexity index is 1190. The van der Waals surface area contributed by atoms with Crippen molar-refractivity contribution in [3.63, 3.8) is 0 Å². The van der Waals surface area contributed by atoms with Gasteiger partial charge in [-0.3, -0.25) is 4.79 Å². The molecule has 5 nitrogen and oxygen atoms in total. The third-order valence-electron chi connectivity index (χ3n) is 4.87. The summed E-state index contributed by atoms with van der Waals surface area (Å²) >= 11 is 8.14. The maximum Gasteiger partial charge on any atom is 0.291 e. The molecular weight excluding hydrogens is 430 g/mol. The molecule has 0 saturated carbocycles. The van der Waals surface area contributed by atoms with Crippen LogP contribution in [-0.2, 0) is 6.42 Å². The van der Waals surface area contributed by atoms with Crippen molar-refractivity contribution in [1.82, 2.24) is 4.98 Å².